The van der Waals surface area contributed by atoms with Gasteiger partial charge < -0.3 is 20.7 Å². The molecule has 0 aliphatic carbocycles. The number of ether oxygens (including phenoxy) is 1. The van der Waals surface area contributed by atoms with E-state index in [1.807, 2.05) is 12.1 Å². The van der Waals surface area contributed by atoms with Crippen molar-refractivity contribution in [2.45, 2.75) is 32.6 Å². The topological polar surface area (TPSA) is 67.6 Å². The van der Waals surface area contributed by atoms with Crippen LogP contribution in [0.5, 0.6) is 0 Å². The average Bonchev–Trinajstić information content (AvgIpc) is 2.63. The fourth-order valence-corrected chi connectivity index (χ4v) is 3.60. The summed E-state index contributed by atoms with van der Waals surface area (Å²) in [4.78, 5) is 15.2. The highest BCUT2D eigenvalue weighted by molar-refractivity contribution is 5.96. The summed E-state index contributed by atoms with van der Waals surface area (Å²) in [6.45, 7) is 6.07. The van der Waals surface area contributed by atoms with Crippen LogP contribution in [0.2, 0.25) is 0 Å². The van der Waals surface area contributed by atoms with E-state index < -0.39 is 5.41 Å². The van der Waals surface area contributed by atoms with E-state index in [4.69, 9.17) is 10.5 Å². The molecule has 1 aromatic rings. The first kappa shape index (κ1) is 23.0. The third-order valence-electron chi connectivity index (χ3n) is 5.58. The number of hydrogen-bond donors (Lipinski definition) is 2. The van der Waals surface area contributed by atoms with E-state index in [9.17, 15) is 4.79 Å². The molecule has 2 aliphatic rings. The van der Waals surface area contributed by atoms with Gasteiger partial charge in [0.2, 0.25) is 5.91 Å². The van der Waals surface area contributed by atoms with Gasteiger partial charge in [-0.2, -0.15) is 0 Å². The maximum Gasteiger partial charge on any atom is 0.232 e. The molecular weight excluding hydrogens is 373 g/mol. The average molecular weight is 404 g/mol. The predicted molar refractivity (Wildman–Crippen MR) is 112 cm³/mol. The maximum absolute atomic E-state index is 12.8. The molecule has 0 atom stereocenters. The van der Waals surface area contributed by atoms with Crippen molar-refractivity contribution in [2.24, 2.45) is 17.1 Å². The first-order chi connectivity index (χ1) is 11.6. The Labute approximate surface area is 168 Å². The van der Waals surface area contributed by atoms with E-state index in [0.717, 1.165) is 24.7 Å². The molecule has 148 valence electrons. The summed E-state index contributed by atoms with van der Waals surface area (Å²) in [7, 11) is 0. The minimum Gasteiger partial charge on any atom is -0.381 e. The number of nitrogens with two attached hydrogens (primary N) is 1. The SMILES string of the molecule is CC1CCN(c2cccc(NC(=O)C3(CN)CCOCC3)c2)CC1.Cl.Cl. The van der Waals surface area contributed by atoms with Gasteiger partial charge in [-0.25, -0.2) is 0 Å². The van der Waals surface area contributed by atoms with E-state index in [-0.39, 0.29) is 30.7 Å². The summed E-state index contributed by atoms with van der Waals surface area (Å²) in [5.74, 6) is 0.833. The minimum atomic E-state index is -0.491. The lowest BCUT2D eigenvalue weighted by atomic mass is 9.79. The van der Waals surface area contributed by atoms with E-state index in [0.29, 0.717) is 32.6 Å². The molecule has 0 bridgehead atoms. The maximum atomic E-state index is 12.8. The first-order valence-corrected chi connectivity index (χ1v) is 9.07. The van der Waals surface area contributed by atoms with Crippen LogP contribution in [0.1, 0.15) is 32.6 Å². The van der Waals surface area contributed by atoms with E-state index in [1.165, 1.54) is 18.5 Å². The number of hydrogen-bond acceptors (Lipinski definition) is 4. The Morgan fingerprint density at radius 1 is 1.27 bits per heavy atom. The number of carbonyl (C=O) groups is 1. The van der Waals surface area contributed by atoms with Crippen molar-refractivity contribution < 1.29 is 9.53 Å². The number of anilines is 2. The van der Waals surface area contributed by atoms with Crippen molar-refractivity contribution in [2.75, 3.05) is 43.1 Å². The van der Waals surface area contributed by atoms with Gasteiger partial charge in [-0.05, 0) is 49.8 Å². The largest absolute Gasteiger partial charge is 0.381 e. The number of benzene rings is 1. The highest BCUT2D eigenvalue weighted by Crippen LogP contribution is 2.32. The smallest absolute Gasteiger partial charge is 0.232 e. The monoisotopic (exact) mass is 403 g/mol. The second kappa shape index (κ2) is 10.4. The van der Waals surface area contributed by atoms with Crippen LogP contribution in [0, 0.1) is 11.3 Å². The Morgan fingerprint density at radius 2 is 1.92 bits per heavy atom. The number of halogens is 2. The molecule has 7 heteroatoms. The Hall–Kier alpha value is -1.01. The van der Waals surface area contributed by atoms with Gasteiger partial charge in [0.1, 0.15) is 0 Å². The Kier molecular flexibility index (Phi) is 9.17. The third-order valence-corrected chi connectivity index (χ3v) is 5.58. The predicted octanol–water partition coefficient (Wildman–Crippen LogP) is 3.46. The molecule has 0 aromatic heterocycles. The second-order valence-corrected chi connectivity index (χ2v) is 7.27. The van der Waals surface area contributed by atoms with Gasteiger partial charge in [0.25, 0.3) is 0 Å². The molecular formula is C19H31Cl2N3O2. The van der Waals surface area contributed by atoms with E-state index >= 15 is 0 Å². The van der Waals surface area contributed by atoms with Crippen molar-refractivity contribution in [3.05, 3.63) is 24.3 Å². The van der Waals surface area contributed by atoms with Crippen LogP contribution in [0.15, 0.2) is 24.3 Å². The molecule has 1 aromatic carbocycles. The van der Waals surface area contributed by atoms with Gasteiger partial charge in [-0.3, -0.25) is 4.79 Å². The lowest BCUT2D eigenvalue weighted by Gasteiger charge is -2.35. The molecule has 2 aliphatic heterocycles. The van der Waals surface area contributed by atoms with Crippen LogP contribution in [-0.2, 0) is 9.53 Å². The summed E-state index contributed by atoms with van der Waals surface area (Å²) in [5, 5.41) is 3.09. The quantitative estimate of drug-likeness (QED) is 0.807. The van der Waals surface area contributed by atoms with E-state index in [1.54, 1.807) is 0 Å². The van der Waals surface area contributed by atoms with Crippen LogP contribution in [0.4, 0.5) is 11.4 Å². The van der Waals surface area contributed by atoms with Gasteiger partial charge in [-0.1, -0.05) is 13.0 Å². The molecule has 5 nitrogen and oxygen atoms in total. The molecule has 2 saturated heterocycles. The highest BCUT2D eigenvalue weighted by Gasteiger charge is 2.38. The summed E-state index contributed by atoms with van der Waals surface area (Å²) in [6, 6.07) is 8.18. The van der Waals surface area contributed by atoms with Crippen molar-refractivity contribution in [1.82, 2.24) is 0 Å². The van der Waals surface area contributed by atoms with Gasteiger partial charge >= 0.3 is 0 Å². The molecule has 0 radical (unpaired) electrons. The lowest BCUT2D eigenvalue weighted by Crippen LogP contribution is -2.46. The standard InChI is InChI=1S/C19H29N3O2.2ClH/c1-15-5-9-22(10-6-15)17-4-2-3-16(13-17)21-18(23)19(14-20)7-11-24-12-8-19;;/h2-4,13,15H,5-12,14,20H2,1H3,(H,21,23);2*1H. The van der Waals surface area contributed by atoms with Crippen LogP contribution in [-0.4, -0.2) is 38.8 Å². The zero-order valence-electron chi connectivity index (χ0n) is 15.4. The fraction of sp³-hybridized carbons (Fsp3) is 0.632. The summed E-state index contributed by atoms with van der Waals surface area (Å²) in [6.07, 6.45) is 3.85. The fourth-order valence-electron chi connectivity index (χ4n) is 3.60. The normalized spacial score (nSPS) is 19.8. The van der Waals surface area contributed by atoms with Gasteiger partial charge in [0.05, 0.1) is 5.41 Å². The summed E-state index contributed by atoms with van der Waals surface area (Å²) in [5.41, 5.74) is 7.48. The van der Waals surface area contributed by atoms with Gasteiger partial charge in [-0.15, -0.1) is 24.8 Å². The number of piperidine rings is 1. The zero-order valence-corrected chi connectivity index (χ0v) is 17.0. The molecule has 26 heavy (non-hydrogen) atoms. The highest BCUT2D eigenvalue weighted by atomic mass is 35.5. The Balaban J connectivity index is 0.00000169. The summed E-state index contributed by atoms with van der Waals surface area (Å²) < 4.78 is 5.39. The van der Waals surface area contributed by atoms with Crippen LogP contribution < -0.4 is 16.0 Å². The van der Waals surface area contributed by atoms with Crippen molar-refractivity contribution >= 4 is 42.1 Å². The van der Waals surface area contributed by atoms with Gasteiger partial charge in [0.15, 0.2) is 0 Å². The molecule has 1 amide bonds. The van der Waals surface area contributed by atoms with Crippen molar-refractivity contribution in [3.63, 3.8) is 0 Å². The number of amides is 1. The molecule has 0 saturated carbocycles. The molecule has 2 fully saturated rings. The van der Waals surface area contributed by atoms with E-state index in [2.05, 4.69) is 29.3 Å². The van der Waals surface area contributed by atoms with Crippen LogP contribution in [0.3, 0.4) is 0 Å². The third kappa shape index (κ3) is 5.26. The van der Waals surface area contributed by atoms with Crippen molar-refractivity contribution in [1.29, 1.82) is 0 Å². The number of nitrogens with one attached hydrogen (secondary N) is 1. The Morgan fingerprint density at radius 3 is 2.54 bits per heavy atom. The minimum absolute atomic E-state index is 0. The molecule has 3 rings (SSSR count). The van der Waals surface area contributed by atoms with Crippen LogP contribution in [0.25, 0.3) is 0 Å². The first-order valence-electron chi connectivity index (χ1n) is 9.07. The molecule has 2 heterocycles. The van der Waals surface area contributed by atoms with Gasteiger partial charge in [0, 0.05) is 44.2 Å². The second-order valence-electron chi connectivity index (χ2n) is 7.27. The summed E-state index contributed by atoms with van der Waals surface area (Å²) >= 11 is 0. The van der Waals surface area contributed by atoms with Crippen LogP contribution >= 0.6 is 24.8 Å². The number of rotatable bonds is 4. The number of carbonyl (C=O) groups excluding carboxylic acids is 1. The number of nitrogens with zero attached hydrogens (tertiary/aromatic N) is 1. The molecule has 0 spiro atoms. The van der Waals surface area contributed by atoms with Crippen molar-refractivity contribution in [3.8, 4) is 0 Å². The Bertz CT molecular complexity index is 572. The lowest BCUT2D eigenvalue weighted by molar-refractivity contribution is -0.130. The zero-order chi connectivity index (χ0) is 17.0. The molecule has 3 N–H and O–H groups in total. The molecule has 0 unspecified atom stereocenters.